The summed E-state index contributed by atoms with van der Waals surface area (Å²) in [5, 5.41) is 2.71. The van der Waals surface area contributed by atoms with Crippen LogP contribution in [0.5, 0.6) is 0 Å². The average Bonchev–Trinajstić information content (AvgIpc) is 2.49. The van der Waals surface area contributed by atoms with E-state index >= 15 is 0 Å². The maximum Gasteiger partial charge on any atom is 0.287 e. The lowest BCUT2D eigenvalue weighted by molar-refractivity contribution is 0.258. The van der Waals surface area contributed by atoms with Gasteiger partial charge in [-0.15, -0.1) is 0 Å². The molecule has 0 aliphatic rings. The molecule has 1 aromatic rings. The zero-order chi connectivity index (χ0) is 10.8. The Balaban J connectivity index is 2.69. The summed E-state index contributed by atoms with van der Waals surface area (Å²) in [6, 6.07) is 3.86. The number of halogens is 1. The Morgan fingerprint density at radius 1 is 1.57 bits per heavy atom. The normalized spacial score (nSPS) is 11.4. The lowest BCUT2D eigenvalue weighted by Gasteiger charge is -2.21. The Morgan fingerprint density at radius 3 is 2.64 bits per heavy atom. The van der Waals surface area contributed by atoms with E-state index < -0.39 is 0 Å². The molecule has 0 aromatic carbocycles. The zero-order valence-electron chi connectivity index (χ0n) is 8.56. The minimum Gasteiger partial charge on any atom is -0.466 e. The highest BCUT2D eigenvalue weighted by Gasteiger charge is 2.24. The van der Waals surface area contributed by atoms with Crippen molar-refractivity contribution >= 4 is 20.7 Å². The number of nitrogens with one attached hydrogen (secondary N) is 1. The fourth-order valence-electron chi connectivity index (χ4n) is 1.18. The Kier molecular flexibility index (Phi) is 3.37. The lowest BCUT2D eigenvalue weighted by Crippen LogP contribution is -2.33. The summed E-state index contributed by atoms with van der Waals surface area (Å²) >= 11 is 2.82. The third-order valence-corrected chi connectivity index (χ3v) is 2.36. The Bertz CT molecular complexity index is 331. The molecule has 1 amide bonds. The van der Waals surface area contributed by atoms with Crippen LogP contribution < -0.4 is 5.32 Å². The number of furan rings is 1. The van der Waals surface area contributed by atoms with Crippen molar-refractivity contribution < 1.29 is 9.21 Å². The maximum atomic E-state index is 10.7. The van der Waals surface area contributed by atoms with E-state index in [2.05, 4.69) is 21.2 Å². The summed E-state index contributed by atoms with van der Waals surface area (Å²) in [7, 11) is 0. The fourth-order valence-corrected chi connectivity index (χ4v) is 1.32. The van der Waals surface area contributed by atoms with Crippen LogP contribution in [0.2, 0.25) is 0 Å². The summed E-state index contributed by atoms with van der Waals surface area (Å²) in [4.78, 5) is 10.5. The van der Waals surface area contributed by atoms with Crippen LogP contribution in [0, 0.1) is 6.92 Å². The predicted molar refractivity (Wildman–Crippen MR) is 58.8 cm³/mol. The summed E-state index contributed by atoms with van der Waals surface area (Å²) in [6.07, 6.45) is 0. The van der Waals surface area contributed by atoms with E-state index in [0.29, 0.717) is 6.54 Å². The summed E-state index contributed by atoms with van der Waals surface area (Å²) in [5.74, 6) is 1.77. The number of carbonyl (C=O) groups excluding carboxylic acids is 1. The van der Waals surface area contributed by atoms with Gasteiger partial charge in [0.25, 0.3) is 4.82 Å². The Labute approximate surface area is 92.0 Å². The van der Waals surface area contributed by atoms with Gasteiger partial charge in [0.15, 0.2) is 0 Å². The molecule has 0 saturated carbocycles. The maximum absolute atomic E-state index is 10.7. The van der Waals surface area contributed by atoms with Gasteiger partial charge in [-0.05, 0) is 19.1 Å². The first kappa shape index (κ1) is 11.3. The van der Waals surface area contributed by atoms with E-state index in [1.54, 1.807) is 0 Å². The minimum absolute atomic E-state index is 0.183. The quantitative estimate of drug-likeness (QED) is 0.670. The molecule has 0 aliphatic carbocycles. The van der Waals surface area contributed by atoms with Crippen LogP contribution in [0.15, 0.2) is 16.5 Å². The van der Waals surface area contributed by atoms with E-state index in [1.165, 1.54) is 0 Å². The predicted octanol–water partition coefficient (Wildman–Crippen LogP) is 2.97. The monoisotopic (exact) mass is 259 g/mol. The number of carbonyl (C=O) groups is 1. The van der Waals surface area contributed by atoms with Gasteiger partial charge in [0, 0.05) is 27.9 Å². The number of amides is 1. The van der Waals surface area contributed by atoms with E-state index in [-0.39, 0.29) is 10.2 Å². The van der Waals surface area contributed by atoms with Gasteiger partial charge in [-0.1, -0.05) is 13.8 Å². The van der Waals surface area contributed by atoms with Crippen LogP contribution in [-0.2, 0) is 5.41 Å². The Morgan fingerprint density at radius 2 is 2.21 bits per heavy atom. The van der Waals surface area contributed by atoms with Gasteiger partial charge in [-0.3, -0.25) is 4.79 Å². The van der Waals surface area contributed by atoms with Crippen molar-refractivity contribution in [3.8, 4) is 0 Å². The van der Waals surface area contributed by atoms with E-state index in [0.717, 1.165) is 11.5 Å². The molecule has 0 fully saturated rings. The molecule has 0 radical (unpaired) electrons. The first-order valence-corrected chi connectivity index (χ1v) is 5.21. The van der Waals surface area contributed by atoms with Gasteiger partial charge in [-0.2, -0.15) is 0 Å². The van der Waals surface area contributed by atoms with Crippen LogP contribution in [0.3, 0.4) is 0 Å². The largest absolute Gasteiger partial charge is 0.466 e. The molecular weight excluding hydrogens is 246 g/mol. The molecule has 0 atom stereocenters. The second kappa shape index (κ2) is 4.17. The molecule has 0 saturated heterocycles. The molecule has 14 heavy (non-hydrogen) atoms. The van der Waals surface area contributed by atoms with Gasteiger partial charge in [0.1, 0.15) is 11.5 Å². The topological polar surface area (TPSA) is 42.2 Å². The standard InChI is InChI=1S/C10H14BrNO2/c1-7-4-5-8(14-7)10(2,3)6-12-9(11)13/h4-5H,6H2,1-3H3,(H,12,13). The lowest BCUT2D eigenvalue weighted by atomic mass is 9.90. The molecule has 3 nitrogen and oxygen atoms in total. The molecule has 1 heterocycles. The minimum atomic E-state index is -0.200. The highest BCUT2D eigenvalue weighted by atomic mass is 79.9. The van der Waals surface area contributed by atoms with Crippen LogP contribution in [0.1, 0.15) is 25.4 Å². The van der Waals surface area contributed by atoms with Gasteiger partial charge in [-0.25, -0.2) is 0 Å². The van der Waals surface area contributed by atoms with Crippen LogP contribution in [-0.4, -0.2) is 11.4 Å². The average molecular weight is 260 g/mol. The third kappa shape index (κ3) is 2.87. The van der Waals surface area contributed by atoms with Crippen molar-refractivity contribution in [1.82, 2.24) is 5.32 Å². The van der Waals surface area contributed by atoms with E-state index in [1.807, 2.05) is 32.9 Å². The van der Waals surface area contributed by atoms with Crippen molar-refractivity contribution in [2.75, 3.05) is 6.54 Å². The first-order chi connectivity index (χ1) is 6.42. The summed E-state index contributed by atoms with van der Waals surface area (Å²) in [5.41, 5.74) is -0.183. The molecule has 1 N–H and O–H groups in total. The number of rotatable bonds is 3. The third-order valence-electron chi connectivity index (χ3n) is 2.08. The SMILES string of the molecule is Cc1ccc(C(C)(C)CNC(=O)Br)o1. The smallest absolute Gasteiger partial charge is 0.287 e. The molecule has 0 bridgehead atoms. The summed E-state index contributed by atoms with van der Waals surface area (Å²) < 4.78 is 5.51. The van der Waals surface area contributed by atoms with Crippen molar-refractivity contribution in [1.29, 1.82) is 0 Å². The van der Waals surface area contributed by atoms with E-state index in [4.69, 9.17) is 4.42 Å². The zero-order valence-corrected chi connectivity index (χ0v) is 10.1. The van der Waals surface area contributed by atoms with Crippen molar-refractivity contribution in [3.05, 3.63) is 23.7 Å². The second-order valence-electron chi connectivity index (χ2n) is 3.92. The van der Waals surface area contributed by atoms with Crippen LogP contribution in [0.25, 0.3) is 0 Å². The molecule has 4 heteroatoms. The second-order valence-corrected chi connectivity index (χ2v) is 4.64. The molecule has 0 aliphatic heterocycles. The van der Waals surface area contributed by atoms with Crippen molar-refractivity contribution in [3.63, 3.8) is 0 Å². The highest BCUT2D eigenvalue weighted by Crippen LogP contribution is 2.24. The first-order valence-electron chi connectivity index (χ1n) is 4.42. The van der Waals surface area contributed by atoms with Crippen LogP contribution >= 0.6 is 15.9 Å². The van der Waals surface area contributed by atoms with E-state index in [9.17, 15) is 4.79 Å². The molecule has 1 aromatic heterocycles. The fraction of sp³-hybridized carbons (Fsp3) is 0.500. The number of hydrogen-bond acceptors (Lipinski definition) is 2. The summed E-state index contributed by atoms with van der Waals surface area (Å²) in [6.45, 7) is 6.50. The van der Waals surface area contributed by atoms with Gasteiger partial charge < -0.3 is 9.73 Å². The highest BCUT2D eigenvalue weighted by molar-refractivity contribution is 9.18. The molecule has 0 spiro atoms. The molecule has 78 valence electrons. The molecule has 0 unspecified atom stereocenters. The molecular formula is C10H14BrNO2. The van der Waals surface area contributed by atoms with Crippen molar-refractivity contribution in [2.24, 2.45) is 0 Å². The number of aryl methyl sites for hydroxylation is 1. The molecule has 1 rings (SSSR count). The van der Waals surface area contributed by atoms with Crippen LogP contribution in [0.4, 0.5) is 4.79 Å². The van der Waals surface area contributed by atoms with Gasteiger partial charge in [0.2, 0.25) is 0 Å². The Hall–Kier alpha value is -0.770. The van der Waals surface area contributed by atoms with Gasteiger partial charge >= 0.3 is 0 Å². The van der Waals surface area contributed by atoms with Crippen molar-refractivity contribution in [2.45, 2.75) is 26.2 Å². The van der Waals surface area contributed by atoms with Gasteiger partial charge in [0.05, 0.1) is 0 Å². The number of hydrogen-bond donors (Lipinski definition) is 1.